The van der Waals surface area contributed by atoms with E-state index in [0.29, 0.717) is 23.8 Å². The summed E-state index contributed by atoms with van der Waals surface area (Å²) in [4.78, 5) is 25.1. The fraction of sp³-hybridized carbons (Fsp3) is 0.700. The largest absolute Gasteiger partial charge is 0.386 e. The minimum absolute atomic E-state index is 0.0339. The van der Waals surface area contributed by atoms with Crippen LogP contribution in [0.3, 0.4) is 0 Å². The third-order valence-electron chi connectivity index (χ3n) is 6.57. The van der Waals surface area contributed by atoms with Gasteiger partial charge in [-0.25, -0.2) is 0 Å². The van der Waals surface area contributed by atoms with Gasteiger partial charge in [-0.15, -0.1) is 0 Å². The Morgan fingerprint density at radius 1 is 1.21 bits per heavy atom. The first-order valence-electron chi connectivity index (χ1n) is 9.02. The maximum absolute atomic E-state index is 12.8. The molecule has 0 aromatic heterocycles. The maximum Gasteiger partial charge on any atom is 0.255 e. The SMILES string of the molecule is CC1=C2C(=O)N[C@H]1/C=C/[C@@](C)(O)CC[C@H]1[C@@H](C[C@@H](C)C2=O)C1(C)C. The number of rotatable bonds is 0. The number of carbonyl (C=O) groups excluding carboxylic acids is 2. The third-order valence-corrected chi connectivity index (χ3v) is 6.57. The van der Waals surface area contributed by atoms with E-state index in [-0.39, 0.29) is 29.1 Å². The molecule has 3 rings (SSSR count). The number of Topliss-reactive ketones (excluding diaryl/α,β-unsaturated/α-hetero) is 1. The first-order valence-corrected chi connectivity index (χ1v) is 9.02. The minimum Gasteiger partial charge on any atom is -0.386 e. The van der Waals surface area contributed by atoms with Crippen LogP contribution in [0, 0.1) is 23.2 Å². The molecule has 0 radical (unpaired) electrons. The van der Waals surface area contributed by atoms with Crippen LogP contribution < -0.4 is 5.32 Å². The number of fused-ring (bicyclic) bond motifs is 2. The molecule has 1 fully saturated rings. The van der Waals surface area contributed by atoms with E-state index in [1.54, 1.807) is 6.08 Å². The lowest BCUT2D eigenvalue weighted by Gasteiger charge is -2.20. The summed E-state index contributed by atoms with van der Waals surface area (Å²) in [6.07, 6.45) is 6.09. The Kier molecular flexibility index (Phi) is 4.03. The highest BCUT2D eigenvalue weighted by Crippen LogP contribution is 2.63. The summed E-state index contributed by atoms with van der Waals surface area (Å²) < 4.78 is 0. The molecule has 4 heteroatoms. The van der Waals surface area contributed by atoms with Crippen molar-refractivity contribution in [1.29, 1.82) is 0 Å². The van der Waals surface area contributed by atoms with Gasteiger partial charge >= 0.3 is 0 Å². The lowest BCUT2D eigenvalue weighted by molar-refractivity contribution is -0.124. The zero-order valence-electron chi connectivity index (χ0n) is 15.3. The van der Waals surface area contributed by atoms with Crippen molar-refractivity contribution >= 4 is 11.7 Å². The van der Waals surface area contributed by atoms with Gasteiger partial charge in [0.25, 0.3) is 5.91 Å². The Morgan fingerprint density at radius 2 is 1.88 bits per heavy atom. The summed E-state index contributed by atoms with van der Waals surface area (Å²) in [7, 11) is 0. The molecule has 24 heavy (non-hydrogen) atoms. The molecule has 0 aromatic carbocycles. The summed E-state index contributed by atoms with van der Waals surface area (Å²) in [5.74, 6) is 0.572. The summed E-state index contributed by atoms with van der Waals surface area (Å²) in [6, 6.07) is -0.290. The van der Waals surface area contributed by atoms with Gasteiger partial charge in [0.15, 0.2) is 5.78 Å². The van der Waals surface area contributed by atoms with E-state index in [1.807, 2.05) is 26.8 Å². The van der Waals surface area contributed by atoms with Crippen LogP contribution in [0.15, 0.2) is 23.3 Å². The van der Waals surface area contributed by atoms with E-state index in [1.165, 1.54) is 0 Å². The number of hydrogen-bond acceptors (Lipinski definition) is 3. The summed E-state index contributed by atoms with van der Waals surface area (Å²) in [6.45, 7) is 10.1. The normalized spacial score (nSPS) is 43.2. The zero-order valence-corrected chi connectivity index (χ0v) is 15.3. The van der Waals surface area contributed by atoms with Crippen molar-refractivity contribution in [3.63, 3.8) is 0 Å². The number of nitrogens with one attached hydrogen (secondary N) is 1. The average Bonchev–Trinajstić information content (AvgIpc) is 2.85. The second kappa shape index (κ2) is 5.55. The minimum atomic E-state index is -0.888. The fourth-order valence-corrected chi connectivity index (χ4v) is 4.62. The average molecular weight is 331 g/mol. The van der Waals surface area contributed by atoms with Gasteiger partial charge in [0, 0.05) is 5.92 Å². The van der Waals surface area contributed by atoms with E-state index in [9.17, 15) is 14.7 Å². The Hall–Kier alpha value is -1.42. The Bertz CT molecular complexity index is 641. The number of ketones is 1. The molecule has 132 valence electrons. The molecule has 3 aliphatic rings. The standard InChI is InChI=1S/C20H29NO3/c1-11-10-14-13(19(14,3)4)6-8-20(5,24)9-7-15-12(2)16(17(11)22)18(23)21-15/h7,9,11,13-15,24H,6,8,10H2,1-5H3,(H,21,23)/b9-7+/t11-,13+,14-,15+,20+/m1/s1. The van der Waals surface area contributed by atoms with Gasteiger partial charge in [-0.1, -0.05) is 32.9 Å². The molecular formula is C20H29NO3. The summed E-state index contributed by atoms with van der Waals surface area (Å²) in [5.41, 5.74) is 0.420. The third kappa shape index (κ3) is 2.85. The van der Waals surface area contributed by atoms with Crippen LogP contribution in [0.4, 0.5) is 0 Å². The molecule has 0 saturated heterocycles. The van der Waals surface area contributed by atoms with Crippen molar-refractivity contribution in [3.8, 4) is 0 Å². The van der Waals surface area contributed by atoms with Crippen molar-refractivity contribution in [2.45, 2.75) is 65.5 Å². The maximum atomic E-state index is 12.8. The Balaban J connectivity index is 1.95. The van der Waals surface area contributed by atoms with Gasteiger partial charge < -0.3 is 10.4 Å². The quantitative estimate of drug-likeness (QED) is 0.530. The zero-order chi connectivity index (χ0) is 17.9. The van der Waals surface area contributed by atoms with Gasteiger partial charge in [0.1, 0.15) is 0 Å². The van der Waals surface area contributed by atoms with Gasteiger partial charge in [0.05, 0.1) is 17.2 Å². The van der Waals surface area contributed by atoms with Crippen LogP contribution in [-0.2, 0) is 9.59 Å². The molecule has 1 amide bonds. The molecule has 1 heterocycles. The topological polar surface area (TPSA) is 66.4 Å². The van der Waals surface area contributed by atoms with E-state index in [0.717, 1.165) is 18.4 Å². The van der Waals surface area contributed by atoms with E-state index in [4.69, 9.17) is 0 Å². The molecular weight excluding hydrogens is 302 g/mol. The van der Waals surface area contributed by atoms with Gasteiger partial charge in [-0.3, -0.25) is 9.59 Å². The highest BCUT2D eigenvalue weighted by molar-refractivity contribution is 6.22. The number of amides is 1. The monoisotopic (exact) mass is 331 g/mol. The molecule has 1 aliphatic heterocycles. The molecule has 0 unspecified atom stereocenters. The van der Waals surface area contributed by atoms with E-state index < -0.39 is 5.60 Å². The van der Waals surface area contributed by atoms with E-state index >= 15 is 0 Å². The van der Waals surface area contributed by atoms with Crippen LogP contribution in [0.25, 0.3) is 0 Å². The Morgan fingerprint density at radius 3 is 2.54 bits per heavy atom. The predicted octanol–water partition coefficient (Wildman–Crippen LogP) is 2.77. The van der Waals surface area contributed by atoms with Crippen LogP contribution in [0.1, 0.15) is 53.9 Å². The van der Waals surface area contributed by atoms with Crippen molar-refractivity contribution < 1.29 is 14.7 Å². The van der Waals surface area contributed by atoms with Crippen LogP contribution in [-0.4, -0.2) is 28.4 Å². The van der Waals surface area contributed by atoms with Crippen molar-refractivity contribution in [2.24, 2.45) is 23.2 Å². The van der Waals surface area contributed by atoms with Crippen LogP contribution >= 0.6 is 0 Å². The lowest BCUT2D eigenvalue weighted by atomic mass is 9.90. The number of aliphatic hydroxyl groups is 1. The molecule has 4 nitrogen and oxygen atoms in total. The fourth-order valence-electron chi connectivity index (χ4n) is 4.62. The van der Waals surface area contributed by atoms with Gasteiger partial charge in [-0.05, 0) is 55.9 Å². The summed E-state index contributed by atoms with van der Waals surface area (Å²) >= 11 is 0. The molecule has 5 atom stereocenters. The second-order valence-corrected chi connectivity index (χ2v) is 8.80. The number of hydrogen-bond donors (Lipinski definition) is 2. The van der Waals surface area contributed by atoms with Gasteiger partial charge in [0.2, 0.25) is 0 Å². The highest BCUT2D eigenvalue weighted by atomic mass is 16.3. The Labute approximate surface area is 144 Å². The molecule has 2 N–H and O–H groups in total. The molecule has 2 aliphatic carbocycles. The molecule has 0 aromatic rings. The van der Waals surface area contributed by atoms with Gasteiger partial charge in [-0.2, -0.15) is 0 Å². The van der Waals surface area contributed by atoms with E-state index in [2.05, 4.69) is 19.2 Å². The molecule has 0 spiro atoms. The second-order valence-electron chi connectivity index (χ2n) is 8.80. The highest BCUT2D eigenvalue weighted by Gasteiger charge is 2.57. The predicted molar refractivity (Wildman–Crippen MR) is 93.2 cm³/mol. The lowest BCUT2D eigenvalue weighted by Crippen LogP contribution is -2.30. The molecule has 2 bridgehead atoms. The smallest absolute Gasteiger partial charge is 0.255 e. The molecule has 1 saturated carbocycles. The number of carbonyl (C=O) groups is 2. The van der Waals surface area contributed by atoms with Crippen molar-refractivity contribution in [1.82, 2.24) is 5.32 Å². The van der Waals surface area contributed by atoms with Crippen molar-refractivity contribution in [2.75, 3.05) is 0 Å². The van der Waals surface area contributed by atoms with Crippen LogP contribution in [0.5, 0.6) is 0 Å². The summed E-state index contributed by atoms with van der Waals surface area (Å²) in [5, 5.41) is 13.5. The van der Waals surface area contributed by atoms with Crippen LogP contribution in [0.2, 0.25) is 0 Å². The first kappa shape index (κ1) is 17.4. The first-order chi connectivity index (χ1) is 11.0. The van der Waals surface area contributed by atoms with Crippen molar-refractivity contribution in [3.05, 3.63) is 23.3 Å².